The number of H-pyrrole nitrogens is 1. The molecule has 8 heteroatoms. The summed E-state index contributed by atoms with van der Waals surface area (Å²) < 4.78 is 0. The SMILES string of the molecule is Cc1cnc(C)c(N2CCN(C(=O)N[C@H](C)c3nc4ccccc4[nH]3)CC2)n1. The van der Waals surface area contributed by atoms with Gasteiger partial charge in [0.2, 0.25) is 0 Å². The molecule has 1 saturated heterocycles. The fourth-order valence-electron chi connectivity index (χ4n) is 3.47. The molecule has 1 aliphatic heterocycles. The lowest BCUT2D eigenvalue weighted by Gasteiger charge is -2.36. The summed E-state index contributed by atoms with van der Waals surface area (Å²) >= 11 is 0. The number of urea groups is 1. The van der Waals surface area contributed by atoms with Crippen LogP contribution in [0, 0.1) is 13.8 Å². The molecule has 146 valence electrons. The third-order valence-corrected chi connectivity index (χ3v) is 5.08. The predicted molar refractivity (Wildman–Crippen MR) is 108 cm³/mol. The Bertz CT molecular complexity index is 958. The average molecular weight is 379 g/mol. The van der Waals surface area contributed by atoms with Crippen molar-refractivity contribution in [1.29, 1.82) is 0 Å². The Morgan fingerprint density at radius 2 is 1.89 bits per heavy atom. The molecule has 3 heterocycles. The fraction of sp³-hybridized carbons (Fsp3) is 0.400. The van der Waals surface area contributed by atoms with Crippen LogP contribution in [0.15, 0.2) is 30.5 Å². The van der Waals surface area contributed by atoms with E-state index in [0.29, 0.717) is 13.1 Å². The number of hydrogen-bond acceptors (Lipinski definition) is 5. The molecule has 8 nitrogen and oxygen atoms in total. The van der Waals surface area contributed by atoms with Gasteiger partial charge in [0.1, 0.15) is 11.6 Å². The van der Waals surface area contributed by atoms with Gasteiger partial charge in [-0.2, -0.15) is 0 Å². The first kappa shape index (κ1) is 18.2. The number of fused-ring (bicyclic) bond motifs is 1. The Morgan fingerprint density at radius 3 is 2.64 bits per heavy atom. The second-order valence-electron chi connectivity index (χ2n) is 7.20. The van der Waals surface area contributed by atoms with Crippen molar-refractivity contribution in [2.24, 2.45) is 0 Å². The molecule has 0 spiro atoms. The predicted octanol–water partition coefficient (Wildman–Crippen LogP) is 2.56. The first-order valence-corrected chi connectivity index (χ1v) is 9.56. The Hall–Kier alpha value is -3.16. The van der Waals surface area contributed by atoms with Crippen molar-refractivity contribution in [3.8, 4) is 0 Å². The summed E-state index contributed by atoms with van der Waals surface area (Å²) in [7, 11) is 0. The van der Waals surface area contributed by atoms with Crippen LogP contribution in [0.4, 0.5) is 10.6 Å². The summed E-state index contributed by atoms with van der Waals surface area (Å²) in [5.41, 5.74) is 3.70. The van der Waals surface area contributed by atoms with E-state index in [2.05, 4.69) is 30.2 Å². The van der Waals surface area contributed by atoms with Gasteiger partial charge in [-0.25, -0.2) is 14.8 Å². The third kappa shape index (κ3) is 3.62. The summed E-state index contributed by atoms with van der Waals surface area (Å²) in [6, 6.07) is 7.60. The molecule has 0 radical (unpaired) electrons. The lowest BCUT2D eigenvalue weighted by atomic mass is 10.3. The van der Waals surface area contributed by atoms with Crippen LogP contribution in [0.2, 0.25) is 0 Å². The van der Waals surface area contributed by atoms with Crippen LogP contribution in [0.25, 0.3) is 11.0 Å². The van der Waals surface area contributed by atoms with Gasteiger partial charge >= 0.3 is 6.03 Å². The number of hydrogen-bond donors (Lipinski definition) is 2. The van der Waals surface area contributed by atoms with E-state index in [1.165, 1.54) is 0 Å². The smallest absolute Gasteiger partial charge is 0.318 e. The molecule has 2 N–H and O–H groups in total. The van der Waals surface area contributed by atoms with Crippen LogP contribution in [-0.4, -0.2) is 57.0 Å². The van der Waals surface area contributed by atoms with Crippen LogP contribution in [0.5, 0.6) is 0 Å². The highest BCUT2D eigenvalue weighted by molar-refractivity contribution is 5.76. The molecule has 1 atom stereocenters. The van der Waals surface area contributed by atoms with Crippen molar-refractivity contribution < 1.29 is 4.79 Å². The van der Waals surface area contributed by atoms with Crippen LogP contribution >= 0.6 is 0 Å². The molecule has 0 unspecified atom stereocenters. The standard InChI is InChI=1S/C20H25N7O/c1-13-12-21-15(3)19(22-13)26-8-10-27(11-9-26)20(28)23-14(2)18-24-16-6-4-5-7-17(16)25-18/h4-7,12,14H,8-11H2,1-3H3,(H,23,28)(H,24,25)/t14-/m1/s1. The number of nitrogens with zero attached hydrogens (tertiary/aromatic N) is 5. The van der Waals surface area contributed by atoms with Gasteiger partial charge in [-0.1, -0.05) is 12.1 Å². The number of aryl methyl sites for hydroxylation is 2. The van der Waals surface area contributed by atoms with Crippen LogP contribution in [0.3, 0.4) is 0 Å². The lowest BCUT2D eigenvalue weighted by molar-refractivity contribution is 0.190. The quantitative estimate of drug-likeness (QED) is 0.730. The molecule has 0 saturated carbocycles. The van der Waals surface area contributed by atoms with E-state index in [-0.39, 0.29) is 12.1 Å². The zero-order chi connectivity index (χ0) is 19.7. The molecule has 28 heavy (non-hydrogen) atoms. The number of carbonyl (C=O) groups is 1. The van der Waals surface area contributed by atoms with E-state index >= 15 is 0 Å². The monoisotopic (exact) mass is 379 g/mol. The summed E-state index contributed by atoms with van der Waals surface area (Å²) in [5, 5.41) is 3.05. The van der Waals surface area contributed by atoms with Gasteiger partial charge in [0.25, 0.3) is 0 Å². The van der Waals surface area contributed by atoms with E-state index in [9.17, 15) is 4.79 Å². The number of aromatic amines is 1. The molecule has 0 bridgehead atoms. The number of piperazine rings is 1. The summed E-state index contributed by atoms with van der Waals surface area (Å²) in [6.45, 7) is 8.63. The van der Waals surface area contributed by atoms with E-state index < -0.39 is 0 Å². The Labute approximate surface area is 164 Å². The number of rotatable bonds is 3. The van der Waals surface area contributed by atoms with Crippen molar-refractivity contribution >= 4 is 22.9 Å². The number of aromatic nitrogens is 4. The Morgan fingerprint density at radius 1 is 1.14 bits per heavy atom. The lowest BCUT2D eigenvalue weighted by Crippen LogP contribution is -2.52. The molecule has 1 fully saturated rings. The molecular weight excluding hydrogens is 354 g/mol. The van der Waals surface area contributed by atoms with Gasteiger partial charge in [0, 0.05) is 32.4 Å². The maximum Gasteiger partial charge on any atom is 0.318 e. The zero-order valence-electron chi connectivity index (χ0n) is 16.4. The van der Waals surface area contributed by atoms with Crippen molar-refractivity contribution in [3.05, 3.63) is 47.7 Å². The van der Waals surface area contributed by atoms with Crippen LogP contribution in [-0.2, 0) is 0 Å². The van der Waals surface area contributed by atoms with E-state index in [1.54, 1.807) is 6.20 Å². The molecule has 2 aromatic heterocycles. The third-order valence-electron chi connectivity index (χ3n) is 5.08. The topological polar surface area (TPSA) is 90.0 Å². The fourth-order valence-corrected chi connectivity index (χ4v) is 3.47. The average Bonchev–Trinajstić information content (AvgIpc) is 3.14. The second kappa shape index (κ2) is 7.46. The maximum atomic E-state index is 12.7. The summed E-state index contributed by atoms with van der Waals surface area (Å²) in [5.74, 6) is 1.68. The van der Waals surface area contributed by atoms with E-state index in [4.69, 9.17) is 0 Å². The molecule has 1 aromatic carbocycles. The van der Waals surface area contributed by atoms with Crippen molar-refractivity contribution in [3.63, 3.8) is 0 Å². The zero-order valence-corrected chi connectivity index (χ0v) is 16.4. The number of para-hydroxylation sites is 2. The Balaban J connectivity index is 1.36. The van der Waals surface area contributed by atoms with Crippen molar-refractivity contribution in [1.82, 2.24) is 30.2 Å². The van der Waals surface area contributed by atoms with Gasteiger partial charge in [-0.3, -0.25) is 4.98 Å². The molecule has 4 rings (SSSR count). The first-order chi connectivity index (χ1) is 13.5. The number of benzene rings is 1. The van der Waals surface area contributed by atoms with Crippen LogP contribution in [0.1, 0.15) is 30.2 Å². The minimum atomic E-state index is -0.192. The van der Waals surface area contributed by atoms with Gasteiger partial charge in [0.05, 0.1) is 28.5 Å². The molecular formula is C20H25N7O. The summed E-state index contributed by atoms with van der Waals surface area (Å²) in [6.07, 6.45) is 1.78. The van der Waals surface area contributed by atoms with Crippen molar-refractivity contribution in [2.75, 3.05) is 31.1 Å². The Kier molecular flexibility index (Phi) is 4.85. The number of carbonyl (C=O) groups excluding carboxylic acids is 1. The molecule has 3 aromatic rings. The minimum Gasteiger partial charge on any atom is -0.352 e. The molecule has 1 aliphatic rings. The number of amides is 2. The number of imidazole rings is 1. The largest absolute Gasteiger partial charge is 0.352 e. The summed E-state index contributed by atoms with van der Waals surface area (Å²) in [4.78, 5) is 33.6. The minimum absolute atomic E-state index is 0.0698. The van der Waals surface area contributed by atoms with Gasteiger partial charge in [0.15, 0.2) is 0 Å². The number of anilines is 1. The van der Waals surface area contributed by atoms with E-state index in [0.717, 1.165) is 47.2 Å². The first-order valence-electron chi connectivity index (χ1n) is 9.56. The van der Waals surface area contributed by atoms with Crippen LogP contribution < -0.4 is 10.2 Å². The maximum absolute atomic E-state index is 12.7. The highest BCUT2D eigenvalue weighted by Crippen LogP contribution is 2.19. The second-order valence-corrected chi connectivity index (χ2v) is 7.20. The van der Waals surface area contributed by atoms with Gasteiger partial charge in [-0.15, -0.1) is 0 Å². The highest BCUT2D eigenvalue weighted by atomic mass is 16.2. The molecule has 2 amide bonds. The van der Waals surface area contributed by atoms with Crippen molar-refractivity contribution in [2.45, 2.75) is 26.8 Å². The molecule has 0 aliphatic carbocycles. The number of nitrogens with one attached hydrogen (secondary N) is 2. The van der Waals surface area contributed by atoms with Gasteiger partial charge < -0.3 is 20.1 Å². The normalized spacial score (nSPS) is 15.7. The van der Waals surface area contributed by atoms with Gasteiger partial charge in [-0.05, 0) is 32.9 Å². The highest BCUT2D eigenvalue weighted by Gasteiger charge is 2.24. The van der Waals surface area contributed by atoms with E-state index in [1.807, 2.05) is 49.9 Å².